The van der Waals surface area contributed by atoms with E-state index in [1.165, 1.54) is 0 Å². The van der Waals surface area contributed by atoms with Crippen LogP contribution in [0.5, 0.6) is 5.75 Å². The molecule has 2 atom stereocenters. The van der Waals surface area contributed by atoms with E-state index in [1.807, 2.05) is 24.3 Å². The van der Waals surface area contributed by atoms with Crippen LogP contribution in [0, 0.1) is 0 Å². The van der Waals surface area contributed by atoms with E-state index >= 15 is 0 Å². The number of rotatable bonds is 6. The molecule has 1 fully saturated rings. The maximum absolute atomic E-state index is 9.69. The molecule has 1 saturated carbocycles. The lowest BCUT2D eigenvalue weighted by molar-refractivity contribution is 0.132. The van der Waals surface area contributed by atoms with Gasteiger partial charge in [-0.3, -0.25) is 0 Å². The van der Waals surface area contributed by atoms with Gasteiger partial charge in [0.2, 0.25) is 0 Å². The Kier molecular flexibility index (Phi) is 5.02. The van der Waals surface area contributed by atoms with Crippen LogP contribution in [0.25, 0.3) is 0 Å². The van der Waals surface area contributed by atoms with Crippen molar-refractivity contribution in [1.29, 1.82) is 0 Å². The summed E-state index contributed by atoms with van der Waals surface area (Å²) in [6.45, 7) is 4.30. The molecule has 0 heterocycles. The minimum Gasteiger partial charge on any atom is -0.490 e. The first-order valence-electron chi connectivity index (χ1n) is 7.32. The molecule has 4 heteroatoms. The van der Waals surface area contributed by atoms with Gasteiger partial charge in [-0.25, -0.2) is 0 Å². The van der Waals surface area contributed by atoms with Gasteiger partial charge in [-0.05, 0) is 18.9 Å². The van der Waals surface area contributed by atoms with Gasteiger partial charge in [0.15, 0.2) is 0 Å². The van der Waals surface area contributed by atoms with Gasteiger partial charge in [0.1, 0.15) is 11.9 Å². The van der Waals surface area contributed by atoms with Crippen LogP contribution in [0.1, 0.15) is 38.7 Å². The van der Waals surface area contributed by atoms with E-state index in [9.17, 15) is 10.2 Å². The SMILES string of the molecule is CC(C)NC1(CO)CCC(Oc2ccccc2CO)C1. The second-order valence-corrected chi connectivity index (χ2v) is 5.99. The number of nitrogens with one attached hydrogen (secondary N) is 1. The van der Waals surface area contributed by atoms with Gasteiger partial charge < -0.3 is 20.3 Å². The van der Waals surface area contributed by atoms with E-state index in [4.69, 9.17) is 4.74 Å². The highest BCUT2D eigenvalue weighted by Gasteiger charge is 2.40. The molecule has 0 amide bonds. The highest BCUT2D eigenvalue weighted by atomic mass is 16.5. The molecule has 1 aromatic rings. The topological polar surface area (TPSA) is 61.7 Å². The van der Waals surface area contributed by atoms with Crippen LogP contribution in [0.3, 0.4) is 0 Å². The summed E-state index contributed by atoms with van der Waals surface area (Å²) in [6, 6.07) is 7.90. The molecule has 4 nitrogen and oxygen atoms in total. The average molecular weight is 279 g/mol. The molecule has 0 saturated heterocycles. The molecule has 0 aliphatic heterocycles. The van der Waals surface area contributed by atoms with E-state index in [-0.39, 0.29) is 24.9 Å². The highest BCUT2D eigenvalue weighted by Crippen LogP contribution is 2.33. The second kappa shape index (κ2) is 6.57. The summed E-state index contributed by atoms with van der Waals surface area (Å²) >= 11 is 0. The average Bonchev–Trinajstić information content (AvgIpc) is 2.82. The Morgan fingerprint density at radius 2 is 2.10 bits per heavy atom. The smallest absolute Gasteiger partial charge is 0.125 e. The van der Waals surface area contributed by atoms with E-state index in [2.05, 4.69) is 19.2 Å². The van der Waals surface area contributed by atoms with E-state index in [0.717, 1.165) is 30.6 Å². The van der Waals surface area contributed by atoms with Crippen LogP contribution < -0.4 is 10.1 Å². The summed E-state index contributed by atoms with van der Waals surface area (Å²) in [4.78, 5) is 0. The van der Waals surface area contributed by atoms with Crippen LogP contribution in [-0.4, -0.2) is 34.5 Å². The largest absolute Gasteiger partial charge is 0.490 e. The summed E-state index contributed by atoms with van der Waals surface area (Å²) in [5.41, 5.74) is 0.582. The third kappa shape index (κ3) is 3.51. The Balaban J connectivity index is 2.02. The fourth-order valence-electron chi connectivity index (χ4n) is 3.04. The van der Waals surface area contributed by atoms with Crippen molar-refractivity contribution in [3.63, 3.8) is 0 Å². The fourth-order valence-corrected chi connectivity index (χ4v) is 3.04. The molecule has 0 aromatic heterocycles. The lowest BCUT2D eigenvalue weighted by atomic mass is 9.97. The van der Waals surface area contributed by atoms with Gasteiger partial charge in [0, 0.05) is 23.6 Å². The molecular weight excluding hydrogens is 254 g/mol. The van der Waals surface area contributed by atoms with Crippen molar-refractivity contribution < 1.29 is 14.9 Å². The lowest BCUT2D eigenvalue weighted by Crippen LogP contribution is -2.50. The summed E-state index contributed by atoms with van der Waals surface area (Å²) in [5, 5.41) is 22.5. The minimum absolute atomic E-state index is 0.0156. The molecule has 0 radical (unpaired) electrons. The van der Waals surface area contributed by atoms with Gasteiger partial charge in [-0.2, -0.15) is 0 Å². The van der Waals surface area contributed by atoms with Crippen LogP contribution in [-0.2, 0) is 6.61 Å². The maximum Gasteiger partial charge on any atom is 0.125 e. The number of aliphatic hydroxyl groups is 2. The zero-order chi connectivity index (χ0) is 14.6. The van der Waals surface area contributed by atoms with Crippen molar-refractivity contribution in [1.82, 2.24) is 5.32 Å². The molecule has 1 aromatic carbocycles. The van der Waals surface area contributed by atoms with Crippen molar-refractivity contribution in [2.75, 3.05) is 6.61 Å². The zero-order valence-corrected chi connectivity index (χ0v) is 12.3. The number of ether oxygens (including phenoxy) is 1. The molecule has 1 aliphatic carbocycles. The zero-order valence-electron chi connectivity index (χ0n) is 12.3. The third-order valence-electron chi connectivity index (χ3n) is 3.90. The molecule has 1 aliphatic rings. The van der Waals surface area contributed by atoms with Gasteiger partial charge in [-0.1, -0.05) is 32.0 Å². The van der Waals surface area contributed by atoms with Crippen molar-refractivity contribution >= 4 is 0 Å². The maximum atomic E-state index is 9.69. The van der Waals surface area contributed by atoms with Crippen LogP contribution in [0.15, 0.2) is 24.3 Å². The van der Waals surface area contributed by atoms with Crippen molar-refractivity contribution in [3.8, 4) is 5.75 Å². The Bertz CT molecular complexity index is 435. The first-order chi connectivity index (χ1) is 9.58. The van der Waals surface area contributed by atoms with Crippen LogP contribution in [0.2, 0.25) is 0 Å². The lowest BCUT2D eigenvalue weighted by Gasteiger charge is -2.31. The predicted molar refractivity (Wildman–Crippen MR) is 78.7 cm³/mol. The van der Waals surface area contributed by atoms with Crippen molar-refractivity contribution in [3.05, 3.63) is 29.8 Å². The summed E-state index contributed by atoms with van der Waals surface area (Å²) < 4.78 is 6.02. The van der Waals surface area contributed by atoms with E-state index in [1.54, 1.807) is 0 Å². The Labute approximate surface area is 120 Å². The minimum atomic E-state index is -0.229. The van der Waals surface area contributed by atoms with Crippen molar-refractivity contribution in [2.24, 2.45) is 0 Å². The van der Waals surface area contributed by atoms with Gasteiger partial charge in [-0.15, -0.1) is 0 Å². The molecule has 0 bridgehead atoms. The predicted octanol–water partition coefficient (Wildman–Crippen LogP) is 1.84. The number of aliphatic hydroxyl groups excluding tert-OH is 2. The standard InChI is InChI=1S/C16H25NO3/c1-12(2)17-16(11-19)8-7-14(9-16)20-15-6-4-3-5-13(15)10-18/h3-6,12,14,17-19H,7-11H2,1-2H3. The third-order valence-corrected chi connectivity index (χ3v) is 3.90. The number of hydrogen-bond donors (Lipinski definition) is 3. The van der Waals surface area contributed by atoms with E-state index in [0.29, 0.717) is 6.04 Å². The monoisotopic (exact) mass is 279 g/mol. The summed E-state index contributed by atoms with van der Waals surface area (Å²) in [5.74, 6) is 0.748. The van der Waals surface area contributed by atoms with Crippen LogP contribution >= 0.6 is 0 Å². The van der Waals surface area contributed by atoms with E-state index < -0.39 is 0 Å². The number of benzene rings is 1. The van der Waals surface area contributed by atoms with Gasteiger partial charge in [0.05, 0.1) is 13.2 Å². The molecule has 3 N–H and O–H groups in total. The quantitative estimate of drug-likeness (QED) is 0.743. The molecule has 112 valence electrons. The first-order valence-corrected chi connectivity index (χ1v) is 7.32. The Morgan fingerprint density at radius 1 is 1.35 bits per heavy atom. The van der Waals surface area contributed by atoms with Gasteiger partial charge in [0.25, 0.3) is 0 Å². The Morgan fingerprint density at radius 3 is 2.75 bits per heavy atom. The van der Waals surface area contributed by atoms with Gasteiger partial charge >= 0.3 is 0 Å². The number of para-hydroxylation sites is 1. The number of hydrogen-bond acceptors (Lipinski definition) is 4. The molecule has 0 spiro atoms. The molecule has 2 rings (SSSR count). The van der Waals surface area contributed by atoms with Crippen molar-refractivity contribution in [2.45, 2.75) is 57.4 Å². The summed E-state index contributed by atoms with van der Waals surface area (Å²) in [7, 11) is 0. The second-order valence-electron chi connectivity index (χ2n) is 5.99. The summed E-state index contributed by atoms with van der Waals surface area (Å²) in [6.07, 6.45) is 2.70. The molecule has 2 unspecified atom stereocenters. The first kappa shape index (κ1) is 15.3. The van der Waals surface area contributed by atoms with Crippen LogP contribution in [0.4, 0.5) is 0 Å². The molecule has 20 heavy (non-hydrogen) atoms. The normalized spacial score (nSPS) is 26.1. The molecular formula is C16H25NO3. The highest BCUT2D eigenvalue weighted by molar-refractivity contribution is 5.33. The fraction of sp³-hybridized carbons (Fsp3) is 0.625. The Hall–Kier alpha value is -1.10.